The molecule has 2 aliphatic heterocycles. The quantitative estimate of drug-likeness (QED) is 0.158. The Morgan fingerprint density at radius 3 is 2.41 bits per heavy atom. The number of carboxylic acids is 1. The molecular weight excluding hydrogens is 528 g/mol. The van der Waals surface area contributed by atoms with E-state index in [1.165, 1.54) is 40.0 Å². The molecule has 2 aliphatic rings. The van der Waals surface area contributed by atoms with Gasteiger partial charge in [0.15, 0.2) is 0 Å². The second-order valence-electron chi connectivity index (χ2n) is 11.6. The van der Waals surface area contributed by atoms with Crippen LogP contribution in [0.2, 0.25) is 0 Å². The van der Waals surface area contributed by atoms with Crippen molar-refractivity contribution in [2.45, 2.75) is 51.4 Å². The summed E-state index contributed by atoms with van der Waals surface area (Å²) in [6.07, 6.45) is 3.49. The van der Waals surface area contributed by atoms with Crippen LogP contribution in [0.3, 0.4) is 0 Å². The average molecular weight is 557 g/mol. The molecule has 6 rings (SSSR count). The van der Waals surface area contributed by atoms with E-state index < -0.39 is 5.97 Å². The van der Waals surface area contributed by atoms with Gasteiger partial charge in [-0.2, -0.15) is 0 Å². The van der Waals surface area contributed by atoms with Gasteiger partial charge < -0.3 is 14.4 Å². The smallest absolute Gasteiger partial charge is 0.345 e. The molecule has 1 N–H and O–H groups in total. The first-order valence-corrected chi connectivity index (χ1v) is 14.6. The lowest BCUT2D eigenvalue weighted by Gasteiger charge is -2.48. The summed E-state index contributed by atoms with van der Waals surface area (Å²) in [4.78, 5) is 33.6. The Labute approximate surface area is 234 Å². The summed E-state index contributed by atoms with van der Waals surface area (Å²) in [5.41, 5.74) is 4.27. The Bertz CT molecular complexity index is 1790. The maximum atomic E-state index is 13.4. The number of nitrogens with zero attached hydrogens (tertiary/aromatic N) is 2. The van der Waals surface area contributed by atoms with Crippen LogP contribution in [-0.2, 0) is 15.6 Å². The molecule has 0 aliphatic carbocycles. The van der Waals surface area contributed by atoms with E-state index in [2.05, 4.69) is 43.5 Å². The largest absolute Gasteiger partial charge is 0.486 e. The molecule has 39 heavy (non-hydrogen) atoms. The summed E-state index contributed by atoms with van der Waals surface area (Å²) >= 11 is 2.91. The van der Waals surface area contributed by atoms with Gasteiger partial charge in [0.05, 0.1) is 12.1 Å². The predicted octanol–water partition coefficient (Wildman–Crippen LogP) is 7.76. The van der Waals surface area contributed by atoms with Crippen molar-refractivity contribution in [2.24, 2.45) is 0 Å². The van der Waals surface area contributed by atoms with Crippen LogP contribution in [0, 0.1) is 6.57 Å². The zero-order valence-corrected chi connectivity index (χ0v) is 23.9. The number of thiophene rings is 2. The molecule has 0 fully saturated rings. The summed E-state index contributed by atoms with van der Waals surface area (Å²) in [7, 11) is 0. The predicted molar refractivity (Wildman–Crippen MR) is 159 cm³/mol. The summed E-state index contributed by atoms with van der Waals surface area (Å²) in [6.45, 7) is 18.2. The third-order valence-corrected chi connectivity index (χ3v) is 10.4. The fourth-order valence-electron chi connectivity index (χ4n) is 5.78. The molecule has 3 aromatic heterocycles. The van der Waals surface area contributed by atoms with Gasteiger partial charge in [-0.3, -0.25) is 4.79 Å². The van der Waals surface area contributed by atoms with Crippen LogP contribution in [0.4, 0.5) is 5.69 Å². The van der Waals surface area contributed by atoms with Gasteiger partial charge in [0.1, 0.15) is 5.58 Å². The molecule has 0 atom stereocenters. The topological polar surface area (TPSA) is 75.1 Å². The van der Waals surface area contributed by atoms with Gasteiger partial charge in [-0.25, -0.2) is 9.64 Å². The minimum absolute atomic E-state index is 0.0354. The molecule has 0 amide bonds. The fraction of sp³-hybridized carbons (Fsp3) is 0.323. The van der Waals surface area contributed by atoms with Crippen LogP contribution in [-0.4, -0.2) is 24.2 Å². The Hall–Kier alpha value is -3.67. The Kier molecular flexibility index (Phi) is 5.87. The fourth-order valence-corrected chi connectivity index (χ4v) is 7.82. The Morgan fingerprint density at radius 1 is 1.03 bits per heavy atom. The van der Waals surface area contributed by atoms with E-state index in [9.17, 15) is 9.59 Å². The van der Waals surface area contributed by atoms with E-state index in [0.717, 1.165) is 51.5 Å². The highest BCUT2D eigenvalue weighted by Crippen LogP contribution is 2.52. The zero-order chi connectivity index (χ0) is 27.7. The number of aliphatic carboxylic acids is 1. The van der Waals surface area contributed by atoms with E-state index in [0.29, 0.717) is 16.0 Å². The molecule has 0 unspecified atom stereocenters. The van der Waals surface area contributed by atoms with Gasteiger partial charge in [-0.05, 0) is 71.7 Å². The van der Waals surface area contributed by atoms with Gasteiger partial charge in [-0.1, -0.05) is 27.7 Å². The van der Waals surface area contributed by atoms with Gasteiger partial charge in [-0.15, -0.1) is 22.7 Å². The molecule has 0 saturated carbocycles. The first-order chi connectivity index (χ1) is 18.5. The number of carbonyl (C=O) groups is 1. The number of fused-ring (bicyclic) bond motifs is 2. The van der Waals surface area contributed by atoms with Gasteiger partial charge in [0.25, 0.3) is 5.70 Å². The van der Waals surface area contributed by atoms with Crippen LogP contribution in [0.1, 0.15) is 56.5 Å². The van der Waals surface area contributed by atoms with Gasteiger partial charge in [0, 0.05) is 49.2 Å². The maximum Gasteiger partial charge on any atom is 0.345 e. The van der Waals surface area contributed by atoms with E-state index in [4.69, 9.17) is 16.1 Å². The Balaban J connectivity index is 1.45. The van der Waals surface area contributed by atoms with Crippen molar-refractivity contribution in [3.05, 3.63) is 79.9 Å². The normalized spacial score (nSPS) is 17.6. The number of carboxylic acid groups (broad SMARTS) is 1. The molecule has 0 saturated heterocycles. The second-order valence-corrected chi connectivity index (χ2v) is 13.8. The monoisotopic (exact) mass is 556 g/mol. The van der Waals surface area contributed by atoms with Crippen molar-refractivity contribution in [2.75, 3.05) is 18.0 Å². The highest BCUT2D eigenvalue weighted by Gasteiger charge is 2.42. The third-order valence-electron chi connectivity index (χ3n) is 8.09. The van der Waals surface area contributed by atoms with E-state index >= 15 is 0 Å². The van der Waals surface area contributed by atoms with Crippen molar-refractivity contribution in [1.82, 2.24) is 0 Å². The molecule has 5 heterocycles. The first-order valence-electron chi connectivity index (χ1n) is 12.9. The lowest BCUT2D eigenvalue weighted by molar-refractivity contribution is -0.132. The summed E-state index contributed by atoms with van der Waals surface area (Å²) in [6, 6.07) is 11.8. The molecule has 4 aromatic rings. The molecule has 6 nitrogen and oxygen atoms in total. The number of benzene rings is 1. The van der Waals surface area contributed by atoms with Crippen LogP contribution >= 0.6 is 22.7 Å². The molecule has 0 radical (unpaired) electrons. The van der Waals surface area contributed by atoms with E-state index in [1.807, 2.05) is 24.3 Å². The standard InChI is InChI=1S/C31H28N2O4S2/c1-30(2)10-12-33-13-11-31(3,4)25-26(33)20(30)15-17-14-19(29(36)37-27(17)25)22-8-9-24(39-22)23-7-6-18(38-23)16-21(32-5)28(34)35/h6-9,14-16H,10-13H2,1-4H3,(H,34,35)/b21-16-. The summed E-state index contributed by atoms with van der Waals surface area (Å²) < 4.78 is 6.15. The molecule has 0 spiro atoms. The first kappa shape index (κ1) is 25.6. The van der Waals surface area contributed by atoms with Crippen molar-refractivity contribution >= 4 is 51.4 Å². The molecular formula is C31H28N2O4S2. The highest BCUT2D eigenvalue weighted by atomic mass is 32.1. The SMILES string of the molecule is [C-]#[N+]/C(=C\c1ccc(-c2ccc(-c3cc4cc5c6c(c4oc3=O)C(C)(C)CCN6CCC5(C)C)s2)s1)C(=O)O. The van der Waals surface area contributed by atoms with Crippen LogP contribution in [0.25, 0.3) is 42.1 Å². The van der Waals surface area contributed by atoms with E-state index in [-0.39, 0.29) is 22.2 Å². The summed E-state index contributed by atoms with van der Waals surface area (Å²) in [5.74, 6) is -1.24. The number of rotatable bonds is 4. The second kappa shape index (κ2) is 8.94. The van der Waals surface area contributed by atoms with E-state index in [1.54, 1.807) is 6.07 Å². The highest BCUT2D eigenvalue weighted by molar-refractivity contribution is 7.24. The van der Waals surface area contributed by atoms with Gasteiger partial charge >= 0.3 is 11.6 Å². The van der Waals surface area contributed by atoms with Crippen molar-refractivity contribution < 1.29 is 14.3 Å². The van der Waals surface area contributed by atoms with Gasteiger partial charge in [0.2, 0.25) is 0 Å². The van der Waals surface area contributed by atoms with Crippen LogP contribution in [0.5, 0.6) is 0 Å². The van der Waals surface area contributed by atoms with Crippen molar-refractivity contribution in [3.8, 4) is 20.2 Å². The zero-order valence-electron chi connectivity index (χ0n) is 22.3. The third kappa shape index (κ3) is 4.21. The lowest BCUT2D eigenvalue weighted by atomic mass is 9.69. The number of anilines is 1. The average Bonchev–Trinajstić information content (AvgIpc) is 3.55. The molecule has 198 valence electrons. The summed E-state index contributed by atoms with van der Waals surface area (Å²) in [5, 5.41) is 10.1. The molecule has 1 aromatic carbocycles. The van der Waals surface area contributed by atoms with Crippen LogP contribution < -0.4 is 10.5 Å². The molecule has 8 heteroatoms. The maximum absolute atomic E-state index is 13.4. The minimum atomic E-state index is -1.24. The molecule has 0 bridgehead atoms. The Morgan fingerprint density at radius 2 is 1.69 bits per heavy atom. The van der Waals surface area contributed by atoms with Crippen molar-refractivity contribution in [1.29, 1.82) is 0 Å². The number of hydrogen-bond donors (Lipinski definition) is 1. The minimum Gasteiger partial charge on any atom is -0.486 e. The van der Waals surface area contributed by atoms with Crippen molar-refractivity contribution in [3.63, 3.8) is 0 Å². The lowest BCUT2D eigenvalue weighted by Crippen LogP contribution is -2.44. The number of hydrogen-bond acceptors (Lipinski definition) is 6. The van der Waals surface area contributed by atoms with Crippen LogP contribution in [0.15, 0.2) is 51.3 Å².